The second-order valence-electron chi connectivity index (χ2n) is 5.13. The number of rotatable bonds is 4. The Hall–Kier alpha value is -2.48. The van der Waals surface area contributed by atoms with Gasteiger partial charge in [-0.3, -0.25) is 14.4 Å². The molecule has 0 aliphatic carbocycles. The van der Waals surface area contributed by atoms with Gasteiger partial charge in [0.15, 0.2) is 0 Å². The van der Waals surface area contributed by atoms with E-state index in [1.807, 2.05) is 6.92 Å². The van der Waals surface area contributed by atoms with Crippen LogP contribution in [0.3, 0.4) is 0 Å². The lowest BCUT2D eigenvalue weighted by molar-refractivity contribution is -0.385. The number of anilines is 1. The molecule has 0 aliphatic rings. The van der Waals surface area contributed by atoms with Gasteiger partial charge >= 0.3 is 0 Å². The fourth-order valence-electron chi connectivity index (χ4n) is 2.08. The Morgan fingerprint density at radius 2 is 1.70 bits per heavy atom. The summed E-state index contributed by atoms with van der Waals surface area (Å²) in [6.07, 6.45) is 0. The lowest BCUT2D eigenvalue weighted by atomic mass is 10.2. The van der Waals surface area contributed by atoms with E-state index in [-0.39, 0.29) is 5.56 Å². The predicted octanol–water partition coefficient (Wildman–Crippen LogP) is 3.18. The minimum Gasteiger partial charge on any atom is -0.269 e. The maximum Gasteiger partial charge on any atom is 0.273 e. The van der Waals surface area contributed by atoms with E-state index in [1.54, 1.807) is 24.3 Å². The number of nitro groups is 1. The fourth-order valence-corrected chi connectivity index (χ4v) is 3.34. The van der Waals surface area contributed by atoms with Crippen LogP contribution in [-0.4, -0.2) is 20.4 Å². The number of nitrogens with zero attached hydrogens (tertiary/aromatic N) is 2. The third kappa shape index (κ3) is 3.16. The van der Waals surface area contributed by atoms with Crippen molar-refractivity contribution in [2.24, 2.45) is 0 Å². The van der Waals surface area contributed by atoms with Crippen LogP contribution in [0.25, 0.3) is 0 Å². The van der Waals surface area contributed by atoms with Crippen LogP contribution in [0.1, 0.15) is 11.1 Å². The molecular weight excluding hydrogens is 323 g/mol. The molecule has 0 fully saturated rings. The first-order chi connectivity index (χ1) is 10.6. The van der Waals surface area contributed by atoms with Crippen LogP contribution >= 0.6 is 0 Å². The smallest absolute Gasteiger partial charge is 0.269 e. The molecule has 0 aliphatic heterocycles. The standard InChI is InChI=1S/C15H15FN2O4S/c1-10-4-6-12(7-5-10)17(3)23(21,22)15-9-14(18(19)20)11(2)8-13(15)16/h4-9H,1-3H3. The molecular formula is C15H15FN2O4S. The first-order valence-corrected chi connectivity index (χ1v) is 8.08. The highest BCUT2D eigenvalue weighted by Crippen LogP contribution is 2.29. The van der Waals surface area contributed by atoms with E-state index >= 15 is 0 Å². The van der Waals surface area contributed by atoms with Crippen LogP contribution < -0.4 is 4.31 Å². The largest absolute Gasteiger partial charge is 0.273 e. The van der Waals surface area contributed by atoms with Gasteiger partial charge in [0.25, 0.3) is 15.7 Å². The van der Waals surface area contributed by atoms with Crippen molar-refractivity contribution >= 4 is 21.4 Å². The van der Waals surface area contributed by atoms with Gasteiger partial charge in [0.1, 0.15) is 10.7 Å². The number of nitro benzene ring substituents is 1. The van der Waals surface area contributed by atoms with Crippen molar-refractivity contribution in [1.82, 2.24) is 0 Å². The van der Waals surface area contributed by atoms with Crippen LogP contribution in [0, 0.1) is 29.8 Å². The van der Waals surface area contributed by atoms with Crippen molar-refractivity contribution in [3.63, 3.8) is 0 Å². The molecule has 6 nitrogen and oxygen atoms in total. The molecule has 0 N–H and O–H groups in total. The summed E-state index contributed by atoms with van der Waals surface area (Å²) in [4.78, 5) is 9.50. The van der Waals surface area contributed by atoms with Crippen LogP contribution in [0.15, 0.2) is 41.3 Å². The van der Waals surface area contributed by atoms with Gasteiger partial charge in [0, 0.05) is 18.7 Å². The molecule has 0 heterocycles. The second kappa shape index (κ2) is 5.96. The summed E-state index contributed by atoms with van der Waals surface area (Å²) in [7, 11) is -2.99. The molecule has 0 bridgehead atoms. The summed E-state index contributed by atoms with van der Waals surface area (Å²) in [5, 5.41) is 11.0. The summed E-state index contributed by atoms with van der Waals surface area (Å²) in [6, 6.07) is 8.20. The van der Waals surface area contributed by atoms with Crippen LogP contribution in [0.2, 0.25) is 0 Å². The summed E-state index contributed by atoms with van der Waals surface area (Å²) < 4.78 is 40.2. The van der Waals surface area contributed by atoms with E-state index in [4.69, 9.17) is 0 Å². The molecule has 122 valence electrons. The number of benzene rings is 2. The van der Waals surface area contributed by atoms with Gasteiger partial charge in [-0.1, -0.05) is 17.7 Å². The number of aryl methyl sites for hydroxylation is 2. The van der Waals surface area contributed by atoms with Crippen molar-refractivity contribution in [2.45, 2.75) is 18.7 Å². The average Bonchev–Trinajstić information content (AvgIpc) is 2.46. The van der Waals surface area contributed by atoms with Gasteiger partial charge in [-0.05, 0) is 32.0 Å². The maximum absolute atomic E-state index is 14.1. The minimum atomic E-state index is -4.25. The SMILES string of the molecule is Cc1ccc(N(C)S(=O)(=O)c2cc([N+](=O)[O-])c(C)cc2F)cc1. The Balaban J connectivity index is 2.57. The molecule has 2 rings (SSSR count). The predicted molar refractivity (Wildman–Crippen MR) is 84.6 cm³/mol. The highest BCUT2D eigenvalue weighted by atomic mass is 32.2. The van der Waals surface area contributed by atoms with Crippen LogP contribution in [0.4, 0.5) is 15.8 Å². The molecule has 0 radical (unpaired) electrons. The van der Waals surface area contributed by atoms with Gasteiger partial charge in [-0.2, -0.15) is 0 Å². The van der Waals surface area contributed by atoms with Crippen molar-refractivity contribution in [3.05, 3.63) is 63.5 Å². The number of hydrogen-bond acceptors (Lipinski definition) is 4. The quantitative estimate of drug-likeness (QED) is 0.633. The molecule has 0 saturated heterocycles. The molecule has 0 aromatic heterocycles. The Kier molecular flexibility index (Phi) is 4.37. The Labute approximate surface area is 133 Å². The monoisotopic (exact) mass is 338 g/mol. The Morgan fingerprint density at radius 1 is 1.13 bits per heavy atom. The Bertz CT molecular complexity index is 864. The lowest BCUT2D eigenvalue weighted by Gasteiger charge is -2.20. The molecule has 2 aromatic rings. The van der Waals surface area contributed by atoms with E-state index in [0.29, 0.717) is 5.69 Å². The zero-order valence-electron chi connectivity index (χ0n) is 12.8. The zero-order chi connectivity index (χ0) is 17.4. The van der Waals surface area contributed by atoms with Gasteiger partial charge in [-0.25, -0.2) is 12.8 Å². The van der Waals surface area contributed by atoms with Crippen molar-refractivity contribution in [1.29, 1.82) is 0 Å². The normalized spacial score (nSPS) is 11.3. The molecule has 8 heteroatoms. The van der Waals surface area contributed by atoms with Gasteiger partial charge in [0.05, 0.1) is 10.6 Å². The van der Waals surface area contributed by atoms with Gasteiger partial charge in [0.2, 0.25) is 0 Å². The highest BCUT2D eigenvalue weighted by Gasteiger charge is 2.28. The summed E-state index contributed by atoms with van der Waals surface area (Å²) in [5.41, 5.74) is 0.890. The third-order valence-electron chi connectivity index (χ3n) is 3.48. The fraction of sp³-hybridized carbons (Fsp3) is 0.200. The number of hydrogen-bond donors (Lipinski definition) is 0. The van der Waals surface area contributed by atoms with E-state index < -0.39 is 31.3 Å². The molecule has 0 unspecified atom stereocenters. The zero-order valence-corrected chi connectivity index (χ0v) is 13.6. The highest BCUT2D eigenvalue weighted by molar-refractivity contribution is 7.92. The molecule has 0 amide bonds. The second-order valence-corrected chi connectivity index (χ2v) is 7.07. The van der Waals surface area contributed by atoms with E-state index in [0.717, 1.165) is 22.0 Å². The topological polar surface area (TPSA) is 80.5 Å². The van der Waals surface area contributed by atoms with Gasteiger partial charge < -0.3 is 0 Å². The Morgan fingerprint density at radius 3 is 2.22 bits per heavy atom. The van der Waals surface area contributed by atoms with Crippen molar-refractivity contribution in [2.75, 3.05) is 11.4 Å². The molecule has 23 heavy (non-hydrogen) atoms. The number of sulfonamides is 1. The lowest BCUT2D eigenvalue weighted by Crippen LogP contribution is -2.27. The minimum absolute atomic E-state index is 0.0597. The summed E-state index contributed by atoms with van der Waals surface area (Å²) in [5.74, 6) is -1.02. The first kappa shape index (κ1) is 16.9. The summed E-state index contributed by atoms with van der Waals surface area (Å²) in [6.45, 7) is 3.20. The molecule has 0 saturated carbocycles. The third-order valence-corrected chi connectivity index (χ3v) is 5.28. The molecule has 2 aromatic carbocycles. The van der Waals surface area contributed by atoms with Gasteiger partial charge in [-0.15, -0.1) is 0 Å². The maximum atomic E-state index is 14.1. The molecule has 0 atom stereocenters. The van der Waals surface area contributed by atoms with Crippen molar-refractivity contribution in [3.8, 4) is 0 Å². The van der Waals surface area contributed by atoms with E-state index in [1.165, 1.54) is 14.0 Å². The number of halogens is 1. The molecule has 0 spiro atoms. The average molecular weight is 338 g/mol. The first-order valence-electron chi connectivity index (χ1n) is 6.64. The summed E-state index contributed by atoms with van der Waals surface area (Å²) >= 11 is 0. The van der Waals surface area contributed by atoms with Crippen LogP contribution in [-0.2, 0) is 10.0 Å². The van der Waals surface area contributed by atoms with E-state index in [2.05, 4.69) is 0 Å². The van der Waals surface area contributed by atoms with E-state index in [9.17, 15) is 22.9 Å². The van der Waals surface area contributed by atoms with Crippen LogP contribution in [0.5, 0.6) is 0 Å². The van der Waals surface area contributed by atoms with Crippen molar-refractivity contribution < 1.29 is 17.7 Å².